The van der Waals surface area contributed by atoms with Gasteiger partial charge in [0, 0.05) is 38.0 Å². The number of hydrogen-bond donors (Lipinski definition) is 0. The summed E-state index contributed by atoms with van der Waals surface area (Å²) in [6.45, 7) is 2.75. The highest BCUT2D eigenvalue weighted by atomic mass is 35.5. The van der Waals surface area contributed by atoms with Crippen molar-refractivity contribution < 1.29 is 9.47 Å². The van der Waals surface area contributed by atoms with Crippen LogP contribution in [-0.2, 0) is 4.74 Å². The number of benzene rings is 1. The summed E-state index contributed by atoms with van der Waals surface area (Å²) in [7, 11) is 1.70. The van der Waals surface area contributed by atoms with Gasteiger partial charge in [0.1, 0.15) is 5.75 Å². The number of halogens is 1. The van der Waals surface area contributed by atoms with Gasteiger partial charge in [-0.25, -0.2) is 0 Å². The lowest BCUT2D eigenvalue weighted by molar-refractivity contribution is 0.135. The van der Waals surface area contributed by atoms with Crippen molar-refractivity contribution in [3.63, 3.8) is 0 Å². The predicted molar refractivity (Wildman–Crippen MR) is 75.2 cm³/mol. The van der Waals surface area contributed by atoms with Gasteiger partial charge in [-0.2, -0.15) is 0 Å². The van der Waals surface area contributed by atoms with Crippen molar-refractivity contribution in [2.24, 2.45) is 0 Å². The normalized spacial score (nSPS) is 11.5. The van der Waals surface area contributed by atoms with Gasteiger partial charge >= 0.3 is 0 Å². The van der Waals surface area contributed by atoms with Crippen molar-refractivity contribution in [3.8, 4) is 17.6 Å². The maximum absolute atomic E-state index is 5.75. The van der Waals surface area contributed by atoms with E-state index in [9.17, 15) is 0 Å². The zero-order chi connectivity index (χ0) is 13.2. The Hall–Kier alpha value is -1.17. The lowest BCUT2D eigenvalue weighted by atomic mass is 10.2. The first-order valence-corrected chi connectivity index (χ1v) is 6.60. The minimum Gasteiger partial charge on any atom is -0.491 e. The van der Waals surface area contributed by atoms with Crippen molar-refractivity contribution in [2.45, 2.75) is 25.9 Å². The van der Waals surface area contributed by atoms with Gasteiger partial charge in [-0.1, -0.05) is 11.8 Å². The molecule has 18 heavy (non-hydrogen) atoms. The average molecular weight is 267 g/mol. The van der Waals surface area contributed by atoms with E-state index in [0.29, 0.717) is 18.9 Å². The minimum atomic E-state index is 0.151. The van der Waals surface area contributed by atoms with E-state index in [4.69, 9.17) is 21.1 Å². The van der Waals surface area contributed by atoms with Gasteiger partial charge in [-0.3, -0.25) is 0 Å². The number of hydrogen-bond acceptors (Lipinski definition) is 2. The second-order valence-corrected chi connectivity index (χ2v) is 4.35. The molecule has 0 bridgehead atoms. The molecule has 1 unspecified atom stereocenters. The summed E-state index contributed by atoms with van der Waals surface area (Å²) in [5.74, 6) is 7.49. The van der Waals surface area contributed by atoms with Crippen LogP contribution in [0.3, 0.4) is 0 Å². The van der Waals surface area contributed by atoms with Gasteiger partial charge in [0.05, 0.1) is 6.10 Å². The molecular weight excluding hydrogens is 248 g/mol. The second-order valence-electron chi connectivity index (χ2n) is 3.98. The molecule has 3 heteroatoms. The van der Waals surface area contributed by atoms with Crippen molar-refractivity contribution in [1.82, 2.24) is 0 Å². The Morgan fingerprint density at radius 1 is 1.28 bits per heavy atom. The molecule has 0 saturated carbocycles. The van der Waals surface area contributed by atoms with E-state index in [0.717, 1.165) is 17.7 Å². The van der Waals surface area contributed by atoms with E-state index in [1.54, 1.807) is 7.11 Å². The summed E-state index contributed by atoms with van der Waals surface area (Å²) in [5.41, 5.74) is 0.983. The topological polar surface area (TPSA) is 18.5 Å². The SMILES string of the molecule is COCCC(C)Oc1ccc(C#CCCCl)cc1. The summed E-state index contributed by atoms with van der Waals surface area (Å²) in [6.07, 6.45) is 1.75. The van der Waals surface area contributed by atoms with Crippen LogP contribution in [0, 0.1) is 11.8 Å². The third-order valence-electron chi connectivity index (χ3n) is 2.37. The molecule has 0 saturated heterocycles. The van der Waals surface area contributed by atoms with Crippen molar-refractivity contribution in [1.29, 1.82) is 0 Å². The summed E-state index contributed by atoms with van der Waals surface area (Å²) in [6, 6.07) is 7.79. The number of rotatable bonds is 6. The Bertz CT molecular complexity index is 389. The first-order valence-electron chi connectivity index (χ1n) is 6.06. The maximum atomic E-state index is 5.75. The van der Waals surface area contributed by atoms with E-state index in [1.165, 1.54) is 0 Å². The molecule has 1 atom stereocenters. The molecule has 1 rings (SSSR count). The monoisotopic (exact) mass is 266 g/mol. The van der Waals surface area contributed by atoms with Gasteiger partial charge in [0.2, 0.25) is 0 Å². The molecule has 0 heterocycles. The number of methoxy groups -OCH3 is 1. The highest BCUT2D eigenvalue weighted by Crippen LogP contribution is 2.14. The second kappa shape index (κ2) is 8.85. The van der Waals surface area contributed by atoms with E-state index in [1.807, 2.05) is 31.2 Å². The summed E-state index contributed by atoms with van der Waals surface area (Å²) in [5, 5.41) is 0. The van der Waals surface area contributed by atoms with Crippen LogP contribution >= 0.6 is 11.6 Å². The van der Waals surface area contributed by atoms with E-state index in [2.05, 4.69) is 11.8 Å². The molecule has 98 valence electrons. The third-order valence-corrected chi connectivity index (χ3v) is 2.56. The van der Waals surface area contributed by atoms with Crippen LogP contribution in [0.5, 0.6) is 5.75 Å². The Balaban J connectivity index is 2.48. The van der Waals surface area contributed by atoms with Gasteiger partial charge in [0.15, 0.2) is 0 Å². The largest absolute Gasteiger partial charge is 0.491 e. The Kier molecular flexibility index (Phi) is 7.32. The Morgan fingerprint density at radius 3 is 2.61 bits per heavy atom. The molecular formula is C15H19ClO2. The van der Waals surface area contributed by atoms with Gasteiger partial charge in [0.25, 0.3) is 0 Å². The summed E-state index contributed by atoms with van der Waals surface area (Å²) in [4.78, 5) is 0. The quantitative estimate of drug-likeness (QED) is 0.580. The van der Waals surface area contributed by atoms with Crippen LogP contribution in [0.1, 0.15) is 25.3 Å². The molecule has 0 spiro atoms. The van der Waals surface area contributed by atoms with E-state index in [-0.39, 0.29) is 6.10 Å². The van der Waals surface area contributed by atoms with Gasteiger partial charge in [-0.15, -0.1) is 11.6 Å². The third kappa shape index (κ3) is 5.95. The van der Waals surface area contributed by atoms with Crippen LogP contribution in [0.4, 0.5) is 0 Å². The first-order chi connectivity index (χ1) is 8.76. The number of ether oxygens (including phenoxy) is 2. The van der Waals surface area contributed by atoms with E-state index < -0.39 is 0 Å². The van der Waals surface area contributed by atoms with Crippen molar-refractivity contribution >= 4 is 11.6 Å². The molecule has 0 aliphatic heterocycles. The Labute approximate surface area is 114 Å². The fourth-order valence-electron chi connectivity index (χ4n) is 1.40. The maximum Gasteiger partial charge on any atom is 0.119 e. The standard InChI is InChI=1S/C15H19ClO2/c1-13(10-12-17-2)18-15-8-6-14(7-9-15)5-3-4-11-16/h6-9,13H,4,10-12H2,1-2H3. The molecule has 1 aromatic carbocycles. The van der Waals surface area contributed by atoms with E-state index >= 15 is 0 Å². The molecule has 1 aromatic rings. The lowest BCUT2D eigenvalue weighted by Crippen LogP contribution is -2.14. The van der Waals surface area contributed by atoms with Gasteiger partial charge in [-0.05, 0) is 31.2 Å². The van der Waals surface area contributed by atoms with Crippen LogP contribution < -0.4 is 4.74 Å². The smallest absolute Gasteiger partial charge is 0.119 e. The van der Waals surface area contributed by atoms with Crippen LogP contribution in [-0.4, -0.2) is 25.7 Å². The molecule has 2 nitrogen and oxygen atoms in total. The summed E-state index contributed by atoms with van der Waals surface area (Å²) >= 11 is 5.56. The van der Waals surface area contributed by atoms with Crippen LogP contribution in [0.15, 0.2) is 24.3 Å². The van der Waals surface area contributed by atoms with Crippen LogP contribution in [0.25, 0.3) is 0 Å². The molecule has 0 aliphatic carbocycles. The first kappa shape index (κ1) is 14.9. The minimum absolute atomic E-state index is 0.151. The number of alkyl halides is 1. The molecule has 0 amide bonds. The zero-order valence-electron chi connectivity index (χ0n) is 10.9. The predicted octanol–water partition coefficient (Wildman–Crippen LogP) is 3.47. The molecule has 0 fully saturated rings. The highest BCUT2D eigenvalue weighted by molar-refractivity contribution is 6.18. The molecule has 0 radical (unpaired) electrons. The highest BCUT2D eigenvalue weighted by Gasteiger charge is 2.03. The lowest BCUT2D eigenvalue weighted by Gasteiger charge is -2.14. The molecule has 0 N–H and O–H groups in total. The molecule has 0 aliphatic rings. The fourth-order valence-corrected chi connectivity index (χ4v) is 1.50. The van der Waals surface area contributed by atoms with Crippen molar-refractivity contribution in [2.75, 3.05) is 19.6 Å². The molecule has 0 aromatic heterocycles. The average Bonchev–Trinajstić information content (AvgIpc) is 2.39. The van der Waals surface area contributed by atoms with Crippen LogP contribution in [0.2, 0.25) is 0 Å². The van der Waals surface area contributed by atoms with Gasteiger partial charge < -0.3 is 9.47 Å². The zero-order valence-corrected chi connectivity index (χ0v) is 11.7. The van der Waals surface area contributed by atoms with Crippen molar-refractivity contribution in [3.05, 3.63) is 29.8 Å². The summed E-state index contributed by atoms with van der Waals surface area (Å²) < 4.78 is 10.8. The fraction of sp³-hybridized carbons (Fsp3) is 0.467. The Morgan fingerprint density at radius 2 is 2.00 bits per heavy atom.